The molecule has 11 nitrogen and oxygen atoms in total. The summed E-state index contributed by atoms with van der Waals surface area (Å²) in [6.07, 6.45) is 5.46. The summed E-state index contributed by atoms with van der Waals surface area (Å²) in [6.45, 7) is 0.0800. The van der Waals surface area contributed by atoms with Gasteiger partial charge in [-0.2, -0.15) is 4.99 Å². The molecular weight excluding hydrogens is 428 g/mol. The van der Waals surface area contributed by atoms with Crippen LogP contribution in [0.3, 0.4) is 0 Å². The van der Waals surface area contributed by atoms with E-state index in [4.69, 9.17) is 15.9 Å². The van der Waals surface area contributed by atoms with Crippen molar-refractivity contribution in [3.05, 3.63) is 60.9 Å². The number of rotatable bonds is 6. The van der Waals surface area contributed by atoms with Gasteiger partial charge in [0, 0.05) is 24.3 Å². The summed E-state index contributed by atoms with van der Waals surface area (Å²) in [4.78, 5) is 37.5. The third kappa shape index (κ3) is 4.21. The Morgan fingerprint density at radius 3 is 2.19 bits per heavy atom. The zero-order chi connectivity index (χ0) is 22.7. The van der Waals surface area contributed by atoms with Crippen molar-refractivity contribution in [1.82, 2.24) is 4.57 Å². The molecule has 0 spiro atoms. The van der Waals surface area contributed by atoms with E-state index in [0.717, 1.165) is 29.5 Å². The number of nitrogens with zero attached hydrogens (tertiary/aromatic N) is 4. The van der Waals surface area contributed by atoms with Gasteiger partial charge in [0.15, 0.2) is 16.3 Å². The highest BCUT2D eigenvalue weighted by atomic mass is 32.1. The molecule has 0 N–H and O–H groups in total. The molecule has 12 heteroatoms. The number of non-ortho nitro benzene ring substituents is 2. The van der Waals surface area contributed by atoms with E-state index in [1.54, 1.807) is 16.7 Å². The van der Waals surface area contributed by atoms with Gasteiger partial charge in [0.1, 0.15) is 0 Å². The van der Waals surface area contributed by atoms with Gasteiger partial charge in [-0.3, -0.25) is 25.0 Å². The number of hydrogen-bond acceptors (Lipinski definition) is 8. The fourth-order valence-corrected chi connectivity index (χ4v) is 3.84. The first-order valence-electron chi connectivity index (χ1n) is 8.50. The minimum absolute atomic E-state index is 0.0800. The van der Waals surface area contributed by atoms with Crippen LogP contribution in [0.2, 0.25) is 0 Å². The summed E-state index contributed by atoms with van der Waals surface area (Å²) >= 11 is 1.13. The number of carbonyl (C=O) groups is 1. The highest BCUT2D eigenvalue weighted by molar-refractivity contribution is 7.16. The molecule has 0 saturated carbocycles. The highest BCUT2D eigenvalue weighted by Crippen LogP contribution is 2.33. The monoisotopic (exact) mass is 442 g/mol. The van der Waals surface area contributed by atoms with Gasteiger partial charge in [0.25, 0.3) is 17.3 Å². The Hall–Kier alpha value is -4.24. The molecule has 1 aromatic heterocycles. The van der Waals surface area contributed by atoms with Crippen molar-refractivity contribution in [2.45, 2.75) is 6.54 Å². The minimum atomic E-state index is -0.886. The second-order valence-corrected chi connectivity index (χ2v) is 7.03. The van der Waals surface area contributed by atoms with Gasteiger partial charge in [0.05, 0.1) is 52.5 Å². The molecular formula is C19H14N4O7S. The van der Waals surface area contributed by atoms with Crippen LogP contribution in [-0.4, -0.2) is 34.5 Å². The molecule has 1 amide bonds. The zero-order valence-electron chi connectivity index (χ0n) is 16.2. The van der Waals surface area contributed by atoms with Crippen LogP contribution in [0.15, 0.2) is 35.3 Å². The molecule has 31 heavy (non-hydrogen) atoms. The topological polar surface area (TPSA) is 139 Å². The molecule has 158 valence electrons. The predicted octanol–water partition coefficient (Wildman–Crippen LogP) is 2.91. The smallest absolute Gasteiger partial charge is 0.280 e. The van der Waals surface area contributed by atoms with Crippen LogP contribution < -0.4 is 14.3 Å². The number of fused-ring (bicyclic) bond motifs is 1. The van der Waals surface area contributed by atoms with Gasteiger partial charge in [0.2, 0.25) is 0 Å². The first-order chi connectivity index (χ1) is 14.8. The Balaban J connectivity index is 2.21. The molecule has 2 aromatic carbocycles. The maximum atomic E-state index is 12.7. The number of carbonyl (C=O) groups excluding carboxylic acids is 1. The summed E-state index contributed by atoms with van der Waals surface area (Å²) < 4.78 is 12.9. The first kappa shape index (κ1) is 21.5. The standard InChI is InChI=1S/C19H14N4O7S/c1-4-5-21-14-9-15(29-2)16(30-3)10-17(14)31-19(21)20-18(24)11-6-12(22(25)26)8-13(7-11)23(27)28/h1,6-10H,5H2,2-3H3. The number of benzene rings is 2. The zero-order valence-corrected chi connectivity index (χ0v) is 17.0. The minimum Gasteiger partial charge on any atom is -0.493 e. The fourth-order valence-electron chi connectivity index (χ4n) is 2.81. The summed E-state index contributed by atoms with van der Waals surface area (Å²) in [6, 6.07) is 6.03. The van der Waals surface area contributed by atoms with Gasteiger partial charge in [-0.1, -0.05) is 17.3 Å². The lowest BCUT2D eigenvalue weighted by molar-refractivity contribution is -0.394. The molecule has 3 rings (SSSR count). The molecule has 0 unspecified atom stereocenters. The Morgan fingerprint density at radius 2 is 1.68 bits per heavy atom. The quantitative estimate of drug-likeness (QED) is 0.325. The number of amides is 1. The highest BCUT2D eigenvalue weighted by Gasteiger charge is 2.20. The third-order valence-corrected chi connectivity index (χ3v) is 5.25. The number of aromatic nitrogens is 1. The molecule has 0 saturated heterocycles. The normalized spacial score (nSPS) is 11.2. The summed E-state index contributed by atoms with van der Waals surface area (Å²) in [7, 11) is 2.96. The molecule has 0 radical (unpaired) electrons. The molecule has 0 aliphatic rings. The van der Waals surface area contributed by atoms with Crippen LogP contribution in [0.5, 0.6) is 11.5 Å². The van der Waals surface area contributed by atoms with Gasteiger partial charge in [-0.25, -0.2) is 0 Å². The summed E-state index contributed by atoms with van der Waals surface area (Å²) in [5, 5.41) is 22.2. The average Bonchev–Trinajstić information content (AvgIpc) is 3.08. The van der Waals surface area contributed by atoms with E-state index in [0.29, 0.717) is 21.7 Å². The Labute approximate surface area is 178 Å². The molecule has 0 bridgehead atoms. The lowest BCUT2D eigenvalue weighted by Gasteiger charge is -2.08. The fraction of sp³-hybridized carbons (Fsp3) is 0.158. The Morgan fingerprint density at radius 1 is 1.10 bits per heavy atom. The third-order valence-electron chi connectivity index (χ3n) is 4.21. The molecule has 0 atom stereocenters. The molecule has 0 fully saturated rings. The van der Waals surface area contributed by atoms with Crippen molar-refractivity contribution in [3.63, 3.8) is 0 Å². The van der Waals surface area contributed by atoms with E-state index >= 15 is 0 Å². The van der Waals surface area contributed by atoms with E-state index in [9.17, 15) is 25.0 Å². The van der Waals surface area contributed by atoms with Crippen LogP contribution in [0, 0.1) is 32.6 Å². The Bertz CT molecular complexity index is 1300. The van der Waals surface area contributed by atoms with E-state index in [1.165, 1.54) is 14.2 Å². The number of nitro benzene ring substituents is 2. The lowest BCUT2D eigenvalue weighted by atomic mass is 10.1. The number of thiazole rings is 1. The van der Waals surface area contributed by atoms with Gasteiger partial charge in [-0.15, -0.1) is 6.42 Å². The van der Waals surface area contributed by atoms with Gasteiger partial charge >= 0.3 is 0 Å². The molecule has 3 aromatic rings. The molecule has 0 aliphatic heterocycles. The van der Waals surface area contributed by atoms with E-state index < -0.39 is 27.1 Å². The average molecular weight is 442 g/mol. The number of terminal acetylenes is 1. The number of nitro groups is 2. The van der Waals surface area contributed by atoms with Crippen LogP contribution >= 0.6 is 11.3 Å². The summed E-state index contributed by atoms with van der Waals surface area (Å²) in [5.41, 5.74) is -0.830. The predicted molar refractivity (Wildman–Crippen MR) is 111 cm³/mol. The van der Waals surface area contributed by atoms with E-state index in [2.05, 4.69) is 10.9 Å². The molecule has 1 heterocycles. The number of ether oxygens (including phenoxy) is 2. The number of hydrogen-bond donors (Lipinski definition) is 0. The largest absolute Gasteiger partial charge is 0.493 e. The van der Waals surface area contributed by atoms with Gasteiger partial charge < -0.3 is 14.0 Å². The second-order valence-electron chi connectivity index (χ2n) is 6.02. The van der Waals surface area contributed by atoms with E-state index in [1.807, 2.05) is 0 Å². The van der Waals surface area contributed by atoms with E-state index in [-0.39, 0.29) is 16.9 Å². The lowest BCUT2D eigenvalue weighted by Crippen LogP contribution is -2.16. The second kappa shape index (κ2) is 8.64. The van der Waals surface area contributed by atoms with Crippen LogP contribution in [0.1, 0.15) is 10.4 Å². The van der Waals surface area contributed by atoms with Crippen molar-refractivity contribution in [3.8, 4) is 23.8 Å². The summed E-state index contributed by atoms with van der Waals surface area (Å²) in [5.74, 6) is 2.51. The number of methoxy groups -OCH3 is 2. The van der Waals surface area contributed by atoms with Crippen molar-refractivity contribution in [1.29, 1.82) is 0 Å². The molecule has 0 aliphatic carbocycles. The van der Waals surface area contributed by atoms with Crippen LogP contribution in [-0.2, 0) is 6.54 Å². The van der Waals surface area contributed by atoms with Gasteiger partial charge in [-0.05, 0) is 0 Å². The van der Waals surface area contributed by atoms with Crippen molar-refractivity contribution < 1.29 is 24.1 Å². The van der Waals surface area contributed by atoms with Crippen molar-refractivity contribution in [2.75, 3.05) is 14.2 Å². The Kier molecular flexibility index (Phi) is 5.98. The maximum absolute atomic E-state index is 12.7. The SMILES string of the molecule is C#CCn1c(=NC(=O)c2cc([N+](=O)[O-])cc([N+](=O)[O-])c2)sc2cc(OC)c(OC)cc21. The van der Waals surface area contributed by atoms with Crippen molar-refractivity contribution in [2.24, 2.45) is 4.99 Å². The first-order valence-corrected chi connectivity index (χ1v) is 9.32. The van der Waals surface area contributed by atoms with Crippen molar-refractivity contribution >= 4 is 38.8 Å². The van der Waals surface area contributed by atoms with Crippen LogP contribution in [0.4, 0.5) is 11.4 Å². The maximum Gasteiger partial charge on any atom is 0.280 e. The van der Waals surface area contributed by atoms with Crippen LogP contribution in [0.25, 0.3) is 10.2 Å².